The molecule has 0 amide bonds. The standard InChI is InChI=1S/C19H16O4S/c1-12(2)19(21)23-11-10-22-15-8-5-7-14-17(20)13-6-3-4-9-16(13)24-18(14)15/h3-9H,1,10-11H2,2H3. The van der Waals surface area contributed by atoms with E-state index in [0.717, 1.165) is 9.40 Å². The van der Waals surface area contributed by atoms with Crippen molar-refractivity contribution in [3.05, 3.63) is 64.8 Å². The number of fused-ring (bicyclic) bond motifs is 2. The van der Waals surface area contributed by atoms with Crippen LogP contribution in [0.5, 0.6) is 5.75 Å². The van der Waals surface area contributed by atoms with Crippen LogP contribution in [0.4, 0.5) is 0 Å². The average molecular weight is 340 g/mol. The summed E-state index contributed by atoms with van der Waals surface area (Å²) < 4.78 is 12.4. The summed E-state index contributed by atoms with van der Waals surface area (Å²) in [4.78, 5) is 23.9. The first-order chi connectivity index (χ1) is 11.6. The number of ether oxygens (including phenoxy) is 2. The van der Waals surface area contributed by atoms with Crippen LogP contribution >= 0.6 is 11.3 Å². The number of carbonyl (C=O) groups is 1. The molecule has 1 heterocycles. The van der Waals surface area contributed by atoms with Crippen molar-refractivity contribution in [1.82, 2.24) is 0 Å². The SMILES string of the molecule is C=C(C)C(=O)OCCOc1cccc2c(=O)c3ccccc3sc12. The lowest BCUT2D eigenvalue weighted by atomic mass is 10.2. The van der Waals surface area contributed by atoms with Crippen molar-refractivity contribution >= 4 is 37.5 Å². The van der Waals surface area contributed by atoms with Gasteiger partial charge in [0.25, 0.3) is 0 Å². The molecular formula is C19H16O4S. The molecular weight excluding hydrogens is 324 g/mol. The van der Waals surface area contributed by atoms with Gasteiger partial charge in [-0.3, -0.25) is 4.79 Å². The molecule has 0 aliphatic carbocycles. The molecule has 0 unspecified atom stereocenters. The van der Waals surface area contributed by atoms with E-state index in [2.05, 4.69) is 6.58 Å². The lowest BCUT2D eigenvalue weighted by Gasteiger charge is -2.10. The summed E-state index contributed by atoms with van der Waals surface area (Å²) in [6, 6.07) is 12.9. The quantitative estimate of drug-likeness (QED) is 0.306. The zero-order valence-electron chi connectivity index (χ0n) is 13.2. The predicted molar refractivity (Wildman–Crippen MR) is 96.9 cm³/mol. The predicted octanol–water partition coefficient (Wildman–Crippen LogP) is 3.91. The first-order valence-corrected chi connectivity index (χ1v) is 8.29. The van der Waals surface area contributed by atoms with E-state index in [1.165, 1.54) is 11.3 Å². The lowest BCUT2D eigenvalue weighted by Crippen LogP contribution is -2.12. The Kier molecular flexibility index (Phi) is 4.62. The molecule has 0 bridgehead atoms. The van der Waals surface area contributed by atoms with Crippen molar-refractivity contribution in [3.63, 3.8) is 0 Å². The average Bonchev–Trinajstić information content (AvgIpc) is 2.59. The topological polar surface area (TPSA) is 52.6 Å². The van der Waals surface area contributed by atoms with Gasteiger partial charge in [-0.15, -0.1) is 11.3 Å². The van der Waals surface area contributed by atoms with Gasteiger partial charge in [0.15, 0.2) is 5.43 Å². The Hall–Kier alpha value is -2.66. The second kappa shape index (κ2) is 6.84. The van der Waals surface area contributed by atoms with Crippen LogP contribution in [0.2, 0.25) is 0 Å². The van der Waals surface area contributed by atoms with Crippen molar-refractivity contribution in [2.45, 2.75) is 6.92 Å². The van der Waals surface area contributed by atoms with Crippen molar-refractivity contribution in [3.8, 4) is 5.75 Å². The van der Waals surface area contributed by atoms with E-state index < -0.39 is 5.97 Å². The molecule has 3 aromatic rings. The van der Waals surface area contributed by atoms with Crippen LogP contribution < -0.4 is 10.2 Å². The number of carbonyl (C=O) groups excluding carboxylic acids is 1. The molecule has 24 heavy (non-hydrogen) atoms. The lowest BCUT2D eigenvalue weighted by molar-refractivity contribution is -0.139. The minimum atomic E-state index is -0.438. The van der Waals surface area contributed by atoms with Gasteiger partial charge in [0.2, 0.25) is 0 Å². The summed E-state index contributed by atoms with van der Waals surface area (Å²) in [5, 5.41) is 1.35. The Balaban J connectivity index is 1.88. The Bertz CT molecular complexity index is 987. The molecule has 0 aliphatic rings. The van der Waals surface area contributed by atoms with Crippen LogP contribution in [-0.2, 0) is 9.53 Å². The molecule has 3 rings (SSSR count). The maximum Gasteiger partial charge on any atom is 0.333 e. The zero-order chi connectivity index (χ0) is 17.1. The molecule has 122 valence electrons. The third-order valence-electron chi connectivity index (χ3n) is 3.49. The highest BCUT2D eigenvalue weighted by atomic mass is 32.1. The molecule has 0 aliphatic heterocycles. The molecule has 2 aromatic carbocycles. The van der Waals surface area contributed by atoms with Crippen LogP contribution in [-0.4, -0.2) is 19.2 Å². The maximum atomic E-state index is 12.6. The first kappa shape index (κ1) is 16.2. The van der Waals surface area contributed by atoms with E-state index in [0.29, 0.717) is 22.1 Å². The summed E-state index contributed by atoms with van der Waals surface area (Å²) in [7, 11) is 0. The van der Waals surface area contributed by atoms with Crippen LogP contribution in [0.1, 0.15) is 6.92 Å². The Morgan fingerprint density at radius 2 is 1.83 bits per heavy atom. The molecule has 0 saturated heterocycles. The molecule has 0 spiro atoms. The highest BCUT2D eigenvalue weighted by molar-refractivity contribution is 7.24. The van der Waals surface area contributed by atoms with E-state index in [9.17, 15) is 9.59 Å². The van der Waals surface area contributed by atoms with Gasteiger partial charge in [-0.05, 0) is 31.2 Å². The molecule has 5 heteroatoms. The summed E-state index contributed by atoms with van der Waals surface area (Å²) >= 11 is 1.51. The largest absolute Gasteiger partial charge is 0.489 e. The summed E-state index contributed by atoms with van der Waals surface area (Å²) in [5.74, 6) is 0.180. The molecule has 0 fully saturated rings. The van der Waals surface area contributed by atoms with E-state index in [4.69, 9.17) is 9.47 Å². The zero-order valence-corrected chi connectivity index (χ0v) is 14.0. The molecule has 0 radical (unpaired) electrons. The normalized spacial score (nSPS) is 10.7. The van der Waals surface area contributed by atoms with E-state index >= 15 is 0 Å². The van der Waals surface area contributed by atoms with E-state index in [1.54, 1.807) is 19.1 Å². The van der Waals surface area contributed by atoms with Crippen molar-refractivity contribution < 1.29 is 14.3 Å². The fourth-order valence-electron chi connectivity index (χ4n) is 2.32. The van der Waals surface area contributed by atoms with Crippen LogP contribution in [0.25, 0.3) is 20.2 Å². The monoisotopic (exact) mass is 340 g/mol. The van der Waals surface area contributed by atoms with Gasteiger partial charge in [0.05, 0.1) is 4.70 Å². The van der Waals surface area contributed by atoms with Gasteiger partial charge in [-0.2, -0.15) is 0 Å². The van der Waals surface area contributed by atoms with Crippen LogP contribution in [0.15, 0.2) is 59.4 Å². The highest BCUT2D eigenvalue weighted by Crippen LogP contribution is 2.31. The van der Waals surface area contributed by atoms with Crippen molar-refractivity contribution in [2.24, 2.45) is 0 Å². The third-order valence-corrected chi connectivity index (χ3v) is 4.69. The molecule has 0 N–H and O–H groups in total. The summed E-state index contributed by atoms with van der Waals surface area (Å²) in [6.45, 7) is 5.46. The van der Waals surface area contributed by atoms with Crippen LogP contribution in [0, 0.1) is 0 Å². The Morgan fingerprint density at radius 1 is 1.08 bits per heavy atom. The minimum absolute atomic E-state index is 0.00138. The summed E-state index contributed by atoms with van der Waals surface area (Å²) in [6.07, 6.45) is 0. The minimum Gasteiger partial charge on any atom is -0.489 e. The van der Waals surface area contributed by atoms with Crippen LogP contribution in [0.3, 0.4) is 0 Å². The van der Waals surface area contributed by atoms with Gasteiger partial charge in [0.1, 0.15) is 19.0 Å². The number of hydrogen-bond acceptors (Lipinski definition) is 5. The van der Waals surface area contributed by atoms with Gasteiger partial charge in [-0.25, -0.2) is 4.79 Å². The Morgan fingerprint density at radius 3 is 2.62 bits per heavy atom. The highest BCUT2D eigenvalue weighted by Gasteiger charge is 2.10. The summed E-state index contributed by atoms with van der Waals surface area (Å²) in [5.41, 5.74) is 0.350. The second-order valence-corrected chi connectivity index (χ2v) is 6.38. The fourth-order valence-corrected chi connectivity index (χ4v) is 3.46. The second-order valence-electron chi connectivity index (χ2n) is 5.32. The smallest absolute Gasteiger partial charge is 0.333 e. The molecule has 1 aromatic heterocycles. The number of esters is 1. The van der Waals surface area contributed by atoms with Gasteiger partial charge in [-0.1, -0.05) is 24.8 Å². The van der Waals surface area contributed by atoms with E-state index in [1.807, 2.05) is 30.3 Å². The molecule has 4 nitrogen and oxygen atoms in total. The Labute approximate surface area is 142 Å². The third kappa shape index (κ3) is 3.16. The number of hydrogen-bond donors (Lipinski definition) is 0. The first-order valence-electron chi connectivity index (χ1n) is 7.48. The fraction of sp³-hybridized carbons (Fsp3) is 0.158. The van der Waals surface area contributed by atoms with Crippen molar-refractivity contribution in [1.29, 1.82) is 0 Å². The molecule has 0 atom stereocenters. The van der Waals surface area contributed by atoms with Crippen molar-refractivity contribution in [2.75, 3.05) is 13.2 Å². The maximum absolute atomic E-state index is 12.6. The number of benzene rings is 2. The van der Waals surface area contributed by atoms with Gasteiger partial charge in [0, 0.05) is 21.0 Å². The van der Waals surface area contributed by atoms with Gasteiger partial charge >= 0.3 is 5.97 Å². The van der Waals surface area contributed by atoms with Gasteiger partial charge < -0.3 is 9.47 Å². The van der Waals surface area contributed by atoms with E-state index in [-0.39, 0.29) is 18.6 Å². The number of rotatable bonds is 5. The molecule has 0 saturated carbocycles.